The minimum Gasteiger partial charge on any atom is -0.453 e. The van der Waals surface area contributed by atoms with Crippen LogP contribution < -0.4 is 5.73 Å². The van der Waals surface area contributed by atoms with Gasteiger partial charge in [-0.1, -0.05) is 5.16 Å². The van der Waals surface area contributed by atoms with Crippen LogP contribution in [0.15, 0.2) is 5.16 Å². The van der Waals surface area contributed by atoms with E-state index >= 15 is 0 Å². The first-order valence-corrected chi connectivity index (χ1v) is 4.45. The van der Waals surface area contributed by atoms with Gasteiger partial charge >= 0.3 is 6.09 Å². The first-order chi connectivity index (χ1) is 6.65. The Balaban J connectivity index is 3.79. The summed E-state index contributed by atoms with van der Waals surface area (Å²) < 4.78 is 4.56. The maximum Gasteiger partial charge on any atom is 0.409 e. The third-order valence-corrected chi connectivity index (χ3v) is 1.80. The van der Waals surface area contributed by atoms with Gasteiger partial charge in [0.25, 0.3) is 0 Å². The predicted octanol–water partition coefficient (Wildman–Crippen LogP) is 0.601. The molecule has 0 saturated carbocycles. The number of rotatable bonds is 5. The number of carbonyl (C=O) groups is 1. The lowest BCUT2D eigenvalue weighted by Gasteiger charge is -2.18. The van der Waals surface area contributed by atoms with Crippen molar-refractivity contribution in [3.63, 3.8) is 0 Å². The number of carbonyl (C=O) groups excluding carboxylic acids is 1. The summed E-state index contributed by atoms with van der Waals surface area (Å²) in [5.74, 6) is 0.172. The molecular weight excluding hydrogens is 186 g/mol. The van der Waals surface area contributed by atoms with Crippen molar-refractivity contribution < 1.29 is 14.7 Å². The maximum absolute atomic E-state index is 11.1. The Bertz CT molecular complexity index is 206. The van der Waals surface area contributed by atoms with Crippen LogP contribution in [-0.2, 0) is 4.74 Å². The highest BCUT2D eigenvalue weighted by molar-refractivity contribution is 5.79. The van der Waals surface area contributed by atoms with Crippen LogP contribution in [0.25, 0.3) is 0 Å². The number of amidine groups is 1. The first-order valence-electron chi connectivity index (χ1n) is 4.45. The van der Waals surface area contributed by atoms with Gasteiger partial charge in [-0.3, -0.25) is 0 Å². The van der Waals surface area contributed by atoms with Crippen LogP contribution in [-0.4, -0.2) is 42.2 Å². The molecule has 0 radical (unpaired) electrons. The number of nitrogens with zero attached hydrogens (tertiary/aromatic N) is 2. The number of methoxy groups -OCH3 is 1. The molecule has 0 saturated heterocycles. The zero-order valence-electron chi connectivity index (χ0n) is 8.56. The van der Waals surface area contributed by atoms with E-state index < -0.39 is 0 Å². The molecule has 0 aliphatic rings. The van der Waals surface area contributed by atoms with Crippen LogP contribution in [0.3, 0.4) is 0 Å². The van der Waals surface area contributed by atoms with Gasteiger partial charge in [-0.05, 0) is 13.3 Å². The van der Waals surface area contributed by atoms with Gasteiger partial charge in [-0.15, -0.1) is 0 Å². The molecule has 14 heavy (non-hydrogen) atoms. The molecule has 0 rings (SSSR count). The SMILES string of the molecule is CCN(CCCC(N)=NO)C(=O)OC. The van der Waals surface area contributed by atoms with Gasteiger partial charge in [0.1, 0.15) is 5.84 Å². The van der Waals surface area contributed by atoms with E-state index in [9.17, 15) is 4.79 Å². The lowest BCUT2D eigenvalue weighted by atomic mass is 10.3. The second-order valence-corrected chi connectivity index (χ2v) is 2.74. The summed E-state index contributed by atoms with van der Waals surface area (Å²) in [6, 6.07) is 0. The van der Waals surface area contributed by atoms with Gasteiger partial charge in [0, 0.05) is 19.5 Å². The van der Waals surface area contributed by atoms with E-state index in [-0.39, 0.29) is 11.9 Å². The number of amides is 1. The molecule has 6 nitrogen and oxygen atoms in total. The topological polar surface area (TPSA) is 88.1 Å². The van der Waals surface area contributed by atoms with Crippen molar-refractivity contribution in [3.8, 4) is 0 Å². The number of nitrogens with two attached hydrogens (primary N) is 1. The van der Waals surface area contributed by atoms with Gasteiger partial charge in [-0.2, -0.15) is 0 Å². The van der Waals surface area contributed by atoms with Crippen molar-refractivity contribution in [3.05, 3.63) is 0 Å². The predicted molar refractivity (Wildman–Crippen MR) is 52.3 cm³/mol. The van der Waals surface area contributed by atoms with E-state index in [4.69, 9.17) is 10.9 Å². The van der Waals surface area contributed by atoms with Crippen LogP contribution >= 0.6 is 0 Å². The van der Waals surface area contributed by atoms with E-state index in [1.807, 2.05) is 6.92 Å². The third-order valence-electron chi connectivity index (χ3n) is 1.80. The van der Waals surface area contributed by atoms with Crippen molar-refractivity contribution in [2.75, 3.05) is 20.2 Å². The first kappa shape index (κ1) is 12.5. The van der Waals surface area contributed by atoms with Gasteiger partial charge in [0.2, 0.25) is 0 Å². The van der Waals surface area contributed by atoms with Crippen molar-refractivity contribution >= 4 is 11.9 Å². The summed E-state index contributed by atoms with van der Waals surface area (Å²) in [7, 11) is 1.34. The average molecular weight is 203 g/mol. The molecule has 0 aliphatic carbocycles. The molecule has 82 valence electrons. The van der Waals surface area contributed by atoms with E-state index in [0.717, 1.165) is 0 Å². The number of ether oxygens (including phenoxy) is 1. The third kappa shape index (κ3) is 4.54. The molecule has 0 heterocycles. The Morgan fingerprint density at radius 3 is 2.71 bits per heavy atom. The molecular formula is C8H17N3O3. The molecule has 0 aromatic heterocycles. The van der Waals surface area contributed by atoms with Crippen LogP contribution in [0.4, 0.5) is 4.79 Å². The Labute approximate surface area is 83.3 Å². The summed E-state index contributed by atoms with van der Waals surface area (Å²) >= 11 is 0. The number of hydrogen-bond donors (Lipinski definition) is 2. The van der Waals surface area contributed by atoms with Crippen molar-refractivity contribution in [2.24, 2.45) is 10.9 Å². The van der Waals surface area contributed by atoms with E-state index in [1.54, 1.807) is 4.90 Å². The van der Waals surface area contributed by atoms with Crippen molar-refractivity contribution in [2.45, 2.75) is 19.8 Å². The maximum atomic E-state index is 11.1. The molecule has 0 spiro atoms. The molecule has 0 aromatic carbocycles. The average Bonchev–Trinajstić information content (AvgIpc) is 2.22. The van der Waals surface area contributed by atoms with Crippen molar-refractivity contribution in [1.82, 2.24) is 4.90 Å². The van der Waals surface area contributed by atoms with Gasteiger partial charge < -0.3 is 20.6 Å². The quantitative estimate of drug-likeness (QED) is 0.296. The Morgan fingerprint density at radius 1 is 1.64 bits per heavy atom. The number of hydrogen-bond acceptors (Lipinski definition) is 4. The highest BCUT2D eigenvalue weighted by Crippen LogP contribution is 1.97. The summed E-state index contributed by atoms with van der Waals surface area (Å²) in [5.41, 5.74) is 5.27. The zero-order chi connectivity index (χ0) is 11.0. The molecule has 0 aliphatic heterocycles. The van der Waals surface area contributed by atoms with E-state index in [2.05, 4.69) is 9.89 Å². The molecule has 0 fully saturated rings. The summed E-state index contributed by atoms with van der Waals surface area (Å²) in [6.45, 7) is 2.99. The monoisotopic (exact) mass is 203 g/mol. The lowest BCUT2D eigenvalue weighted by Crippen LogP contribution is -2.32. The number of oxime groups is 1. The molecule has 0 atom stereocenters. The lowest BCUT2D eigenvalue weighted by molar-refractivity contribution is 0.125. The molecule has 0 bridgehead atoms. The van der Waals surface area contributed by atoms with E-state index in [1.165, 1.54) is 7.11 Å². The van der Waals surface area contributed by atoms with Crippen molar-refractivity contribution in [1.29, 1.82) is 0 Å². The van der Waals surface area contributed by atoms with Crippen LogP contribution in [0, 0.1) is 0 Å². The summed E-state index contributed by atoms with van der Waals surface area (Å²) in [5, 5.41) is 11.1. The second-order valence-electron chi connectivity index (χ2n) is 2.74. The largest absolute Gasteiger partial charge is 0.453 e. The fraction of sp³-hybridized carbons (Fsp3) is 0.750. The smallest absolute Gasteiger partial charge is 0.409 e. The van der Waals surface area contributed by atoms with Gasteiger partial charge in [-0.25, -0.2) is 4.79 Å². The van der Waals surface area contributed by atoms with Crippen LogP contribution in [0.2, 0.25) is 0 Å². The van der Waals surface area contributed by atoms with Gasteiger partial charge in [0.15, 0.2) is 0 Å². The Morgan fingerprint density at radius 2 is 2.29 bits per heavy atom. The molecule has 3 N–H and O–H groups in total. The zero-order valence-corrected chi connectivity index (χ0v) is 8.56. The Hall–Kier alpha value is -1.46. The normalized spacial score (nSPS) is 11.1. The molecule has 1 amide bonds. The summed E-state index contributed by atoms with van der Waals surface area (Å²) in [4.78, 5) is 12.6. The van der Waals surface area contributed by atoms with E-state index in [0.29, 0.717) is 25.9 Å². The minimum atomic E-state index is -0.355. The fourth-order valence-electron chi connectivity index (χ4n) is 1.01. The highest BCUT2D eigenvalue weighted by atomic mass is 16.5. The molecule has 0 aromatic rings. The summed E-state index contributed by atoms with van der Waals surface area (Å²) in [6.07, 6.45) is 0.759. The Kier molecular flexibility index (Phi) is 6.26. The molecule has 6 heteroatoms. The molecule has 0 unspecified atom stereocenters. The van der Waals surface area contributed by atoms with Crippen LogP contribution in [0.1, 0.15) is 19.8 Å². The second kappa shape index (κ2) is 6.99. The van der Waals surface area contributed by atoms with Gasteiger partial charge in [0.05, 0.1) is 7.11 Å². The minimum absolute atomic E-state index is 0.172. The fourth-order valence-corrected chi connectivity index (χ4v) is 1.01. The highest BCUT2D eigenvalue weighted by Gasteiger charge is 2.10. The van der Waals surface area contributed by atoms with Crippen LogP contribution in [0.5, 0.6) is 0 Å². The standard InChI is InChI=1S/C8H17N3O3/c1-3-11(8(12)14-2)6-4-5-7(9)10-13/h13H,3-6H2,1-2H3,(H2,9,10).